The van der Waals surface area contributed by atoms with Gasteiger partial charge in [0.25, 0.3) is 0 Å². The van der Waals surface area contributed by atoms with Crippen molar-refractivity contribution in [2.45, 2.75) is 64.7 Å². The van der Waals surface area contributed by atoms with Gasteiger partial charge in [-0.3, -0.25) is 0 Å². The SMILES string of the molecule is C[C@@]12CCC[C@H]1[C@@H]1CCC3C=CCC[C@]3(CO)[C@H]1CC2. The van der Waals surface area contributed by atoms with E-state index in [1.54, 1.807) is 0 Å². The zero-order valence-electron chi connectivity index (χ0n) is 13.0. The summed E-state index contributed by atoms with van der Waals surface area (Å²) in [6.07, 6.45) is 17.3. The van der Waals surface area contributed by atoms with Gasteiger partial charge in [-0.1, -0.05) is 25.5 Å². The van der Waals surface area contributed by atoms with Crippen molar-refractivity contribution in [3.63, 3.8) is 0 Å². The summed E-state index contributed by atoms with van der Waals surface area (Å²) in [4.78, 5) is 0. The highest BCUT2D eigenvalue weighted by Gasteiger charge is 2.58. The molecular weight excluding hydrogens is 244 g/mol. The van der Waals surface area contributed by atoms with E-state index in [1.165, 1.54) is 57.8 Å². The molecule has 112 valence electrons. The fourth-order valence-electron chi connectivity index (χ4n) is 6.92. The van der Waals surface area contributed by atoms with Crippen molar-refractivity contribution in [2.75, 3.05) is 6.61 Å². The zero-order chi connectivity index (χ0) is 13.8. The van der Waals surface area contributed by atoms with Gasteiger partial charge >= 0.3 is 0 Å². The van der Waals surface area contributed by atoms with Crippen molar-refractivity contribution in [3.05, 3.63) is 12.2 Å². The molecule has 0 saturated heterocycles. The molecule has 1 N–H and O–H groups in total. The van der Waals surface area contributed by atoms with Crippen molar-refractivity contribution in [2.24, 2.45) is 34.5 Å². The molecule has 4 aliphatic carbocycles. The molecule has 0 bridgehead atoms. The normalized spacial score (nSPS) is 54.1. The largest absolute Gasteiger partial charge is 0.396 e. The lowest BCUT2D eigenvalue weighted by atomic mass is 9.46. The second-order valence-electron chi connectivity index (χ2n) is 8.50. The topological polar surface area (TPSA) is 20.2 Å². The quantitative estimate of drug-likeness (QED) is 0.695. The van der Waals surface area contributed by atoms with Gasteiger partial charge in [-0.25, -0.2) is 0 Å². The van der Waals surface area contributed by atoms with E-state index in [-0.39, 0.29) is 5.41 Å². The lowest BCUT2D eigenvalue weighted by Gasteiger charge is -2.59. The van der Waals surface area contributed by atoms with E-state index in [2.05, 4.69) is 19.1 Å². The minimum absolute atomic E-state index is 0.252. The number of fused-ring (bicyclic) bond motifs is 5. The fourth-order valence-corrected chi connectivity index (χ4v) is 6.92. The highest BCUT2D eigenvalue weighted by molar-refractivity contribution is 5.13. The van der Waals surface area contributed by atoms with Gasteiger partial charge in [-0.15, -0.1) is 0 Å². The summed E-state index contributed by atoms with van der Waals surface area (Å²) < 4.78 is 0. The van der Waals surface area contributed by atoms with Crippen LogP contribution in [0.5, 0.6) is 0 Å². The number of aliphatic hydroxyl groups excluding tert-OH is 1. The van der Waals surface area contributed by atoms with Crippen LogP contribution in [0.25, 0.3) is 0 Å². The third-order valence-corrected chi connectivity index (χ3v) is 7.95. The van der Waals surface area contributed by atoms with Gasteiger partial charge in [0, 0.05) is 12.0 Å². The van der Waals surface area contributed by atoms with Crippen molar-refractivity contribution < 1.29 is 5.11 Å². The fraction of sp³-hybridized carbons (Fsp3) is 0.895. The van der Waals surface area contributed by atoms with Crippen LogP contribution in [0.4, 0.5) is 0 Å². The summed E-state index contributed by atoms with van der Waals surface area (Å²) in [5.41, 5.74) is 0.900. The first-order chi connectivity index (χ1) is 9.70. The third kappa shape index (κ3) is 1.65. The van der Waals surface area contributed by atoms with Crippen LogP contribution in [0, 0.1) is 34.5 Å². The van der Waals surface area contributed by atoms with Crippen LogP contribution in [0.1, 0.15) is 64.7 Å². The number of aliphatic hydroxyl groups is 1. The average molecular weight is 274 g/mol. The van der Waals surface area contributed by atoms with Crippen LogP contribution < -0.4 is 0 Å². The van der Waals surface area contributed by atoms with Gasteiger partial charge in [0.1, 0.15) is 0 Å². The number of allylic oxidation sites excluding steroid dienone is 2. The maximum Gasteiger partial charge on any atom is 0.0495 e. The predicted octanol–water partition coefficient (Wildman–Crippen LogP) is 4.56. The van der Waals surface area contributed by atoms with Crippen LogP contribution in [0.15, 0.2) is 12.2 Å². The van der Waals surface area contributed by atoms with Crippen molar-refractivity contribution in [3.8, 4) is 0 Å². The molecule has 20 heavy (non-hydrogen) atoms. The standard InChI is InChI=1S/C19H30O/c1-18-10-4-6-16(18)15-8-7-14-5-2-3-11-19(14,13-20)17(15)9-12-18/h2,5,14-17,20H,3-4,6-13H2,1H3/t14?,15-,16-,17-,18-,19+/m0/s1. The lowest BCUT2D eigenvalue weighted by molar-refractivity contribution is -0.112. The molecule has 4 rings (SSSR count). The molecule has 4 aliphatic rings. The van der Waals surface area contributed by atoms with E-state index in [0.29, 0.717) is 17.9 Å². The minimum Gasteiger partial charge on any atom is -0.396 e. The summed E-state index contributed by atoms with van der Waals surface area (Å²) in [5.74, 6) is 3.38. The summed E-state index contributed by atoms with van der Waals surface area (Å²) >= 11 is 0. The average Bonchev–Trinajstić information content (AvgIpc) is 2.88. The molecule has 0 heterocycles. The summed E-state index contributed by atoms with van der Waals surface area (Å²) in [6, 6.07) is 0. The Labute approximate surface area is 123 Å². The predicted molar refractivity (Wildman–Crippen MR) is 82.3 cm³/mol. The van der Waals surface area contributed by atoms with Gasteiger partial charge in [0.15, 0.2) is 0 Å². The monoisotopic (exact) mass is 274 g/mol. The maximum absolute atomic E-state index is 10.3. The van der Waals surface area contributed by atoms with Gasteiger partial charge in [-0.05, 0) is 80.5 Å². The highest BCUT2D eigenvalue weighted by Crippen LogP contribution is 2.65. The van der Waals surface area contributed by atoms with Crippen molar-refractivity contribution in [1.82, 2.24) is 0 Å². The maximum atomic E-state index is 10.3. The van der Waals surface area contributed by atoms with Crippen LogP contribution in [-0.4, -0.2) is 11.7 Å². The molecule has 0 aromatic heterocycles. The van der Waals surface area contributed by atoms with Crippen LogP contribution in [0.2, 0.25) is 0 Å². The smallest absolute Gasteiger partial charge is 0.0495 e. The first-order valence-electron chi connectivity index (χ1n) is 8.97. The number of rotatable bonds is 1. The van der Waals surface area contributed by atoms with Crippen molar-refractivity contribution in [1.29, 1.82) is 0 Å². The molecule has 0 aromatic rings. The number of hydrogen-bond donors (Lipinski definition) is 1. The molecule has 0 aromatic carbocycles. The van der Waals surface area contributed by atoms with Crippen LogP contribution >= 0.6 is 0 Å². The van der Waals surface area contributed by atoms with E-state index in [0.717, 1.165) is 17.8 Å². The van der Waals surface area contributed by atoms with Crippen molar-refractivity contribution >= 4 is 0 Å². The van der Waals surface area contributed by atoms with E-state index >= 15 is 0 Å². The minimum atomic E-state index is 0.252. The van der Waals surface area contributed by atoms with Crippen LogP contribution in [-0.2, 0) is 0 Å². The Morgan fingerprint density at radius 3 is 2.80 bits per heavy atom. The van der Waals surface area contributed by atoms with E-state index < -0.39 is 0 Å². The molecule has 3 fully saturated rings. The number of hydrogen-bond acceptors (Lipinski definition) is 1. The van der Waals surface area contributed by atoms with E-state index in [9.17, 15) is 5.11 Å². The molecular formula is C19H30O. The molecule has 0 amide bonds. The molecule has 1 heteroatoms. The Kier molecular flexibility index (Phi) is 3.07. The first-order valence-corrected chi connectivity index (χ1v) is 8.97. The van der Waals surface area contributed by atoms with Gasteiger partial charge < -0.3 is 5.11 Å². The van der Waals surface area contributed by atoms with E-state index in [1.807, 2.05) is 0 Å². The summed E-state index contributed by atoms with van der Waals surface area (Å²) in [5, 5.41) is 10.3. The molecule has 3 saturated carbocycles. The lowest BCUT2D eigenvalue weighted by Crippen LogP contribution is -2.54. The summed E-state index contributed by atoms with van der Waals surface area (Å²) in [7, 11) is 0. The molecule has 0 aliphatic heterocycles. The first kappa shape index (κ1) is 13.4. The second-order valence-corrected chi connectivity index (χ2v) is 8.50. The van der Waals surface area contributed by atoms with Gasteiger partial charge in [0.05, 0.1) is 0 Å². The molecule has 0 spiro atoms. The van der Waals surface area contributed by atoms with Gasteiger partial charge in [0.2, 0.25) is 0 Å². The molecule has 1 unspecified atom stereocenters. The molecule has 6 atom stereocenters. The Balaban J connectivity index is 1.69. The summed E-state index contributed by atoms with van der Waals surface area (Å²) in [6.45, 7) is 3.01. The van der Waals surface area contributed by atoms with E-state index in [4.69, 9.17) is 0 Å². The second kappa shape index (κ2) is 4.60. The Morgan fingerprint density at radius 1 is 1.05 bits per heavy atom. The Morgan fingerprint density at radius 2 is 1.95 bits per heavy atom. The zero-order valence-corrected chi connectivity index (χ0v) is 13.0. The molecule has 0 radical (unpaired) electrons. The molecule has 1 nitrogen and oxygen atoms in total. The Hall–Kier alpha value is -0.300. The van der Waals surface area contributed by atoms with Crippen LogP contribution in [0.3, 0.4) is 0 Å². The third-order valence-electron chi connectivity index (χ3n) is 7.95. The Bertz CT molecular complexity index is 414. The van der Waals surface area contributed by atoms with Gasteiger partial charge in [-0.2, -0.15) is 0 Å². The highest BCUT2D eigenvalue weighted by atomic mass is 16.3.